The van der Waals surface area contributed by atoms with E-state index < -0.39 is 5.41 Å². The molecule has 3 atom stereocenters. The fourth-order valence-electron chi connectivity index (χ4n) is 4.97. The number of halogens is 1. The van der Waals surface area contributed by atoms with Crippen LogP contribution in [0.15, 0.2) is 0 Å². The Kier molecular flexibility index (Phi) is 3.76. The van der Waals surface area contributed by atoms with Crippen molar-refractivity contribution >= 4 is 27.6 Å². The summed E-state index contributed by atoms with van der Waals surface area (Å²) in [6, 6.07) is 0. The quantitative estimate of drug-likeness (QED) is 0.700. The summed E-state index contributed by atoms with van der Waals surface area (Å²) in [5, 5.41) is 0. The molecule has 0 aromatic heterocycles. The van der Waals surface area contributed by atoms with E-state index >= 15 is 0 Å². The number of hydrogen-bond donors (Lipinski definition) is 0. The largest absolute Gasteiger partial charge is 0.340 e. The zero-order valence-corrected chi connectivity index (χ0v) is 15.7. The predicted octanol–water partition coefficient (Wildman–Crippen LogP) is 2.31. The van der Waals surface area contributed by atoms with Gasteiger partial charge in [0.15, 0.2) is 5.78 Å². The molecule has 0 aromatic carbocycles. The average Bonchev–Trinajstić information content (AvgIpc) is 2.79. The maximum absolute atomic E-state index is 13.4. The molecule has 0 aromatic rings. The first-order valence-electron chi connectivity index (χ1n) is 8.42. The highest BCUT2D eigenvalue weighted by molar-refractivity contribution is 9.10. The Labute approximate surface area is 141 Å². The Morgan fingerprint density at radius 2 is 1.77 bits per heavy atom. The predicted molar refractivity (Wildman–Crippen MR) is 90.0 cm³/mol. The van der Waals surface area contributed by atoms with Crippen molar-refractivity contribution in [2.24, 2.45) is 16.2 Å². The summed E-state index contributed by atoms with van der Waals surface area (Å²) in [6.07, 6.45) is 1.66. The second-order valence-electron chi connectivity index (χ2n) is 7.88. The summed E-state index contributed by atoms with van der Waals surface area (Å²) in [5.74, 6) is 0.425. The number of hydrogen-bond acceptors (Lipinski definition) is 3. The highest BCUT2D eigenvalue weighted by Crippen LogP contribution is 2.72. The first kappa shape index (κ1) is 16.4. The molecule has 0 N–H and O–H groups in total. The van der Waals surface area contributed by atoms with Crippen LogP contribution in [0.5, 0.6) is 0 Å². The van der Waals surface area contributed by atoms with Crippen LogP contribution in [0.4, 0.5) is 0 Å². The third-order valence-electron chi connectivity index (χ3n) is 7.21. The van der Waals surface area contributed by atoms with Gasteiger partial charge >= 0.3 is 0 Å². The van der Waals surface area contributed by atoms with E-state index in [-0.39, 0.29) is 27.3 Å². The van der Waals surface area contributed by atoms with E-state index in [1.165, 1.54) is 0 Å². The van der Waals surface area contributed by atoms with Crippen LogP contribution in [0.1, 0.15) is 40.5 Å². The number of amides is 1. The Hall–Kier alpha value is -0.420. The van der Waals surface area contributed by atoms with E-state index in [4.69, 9.17) is 0 Å². The summed E-state index contributed by atoms with van der Waals surface area (Å²) >= 11 is 3.61. The smallest absolute Gasteiger partial charge is 0.231 e. The summed E-state index contributed by atoms with van der Waals surface area (Å²) in [4.78, 5) is 30.2. The number of rotatable bonds is 2. The minimum absolute atomic E-state index is 0.199. The number of Topliss-reactive ketones (excluding diaryl/α,β-unsaturated/α-hetero) is 1. The van der Waals surface area contributed by atoms with Crippen molar-refractivity contribution in [2.45, 2.75) is 45.4 Å². The van der Waals surface area contributed by atoms with Gasteiger partial charge in [0.2, 0.25) is 5.91 Å². The lowest BCUT2D eigenvalue weighted by Crippen LogP contribution is -2.57. The molecule has 124 valence electrons. The first-order valence-corrected chi connectivity index (χ1v) is 9.34. The second kappa shape index (κ2) is 5.04. The Balaban J connectivity index is 1.90. The van der Waals surface area contributed by atoms with Crippen molar-refractivity contribution in [3.8, 4) is 0 Å². The molecule has 2 saturated carbocycles. The normalized spacial score (nSPS) is 41.2. The Morgan fingerprint density at radius 1 is 1.18 bits per heavy atom. The van der Waals surface area contributed by atoms with E-state index in [1.54, 1.807) is 0 Å². The standard InChI is InChI=1S/C17H27BrN2O2/c1-5-19-8-10-20(11-9-19)14(22)17-7-6-16(4,15(17,2)3)13(21)12(17)18/h12H,5-11H2,1-4H3/t12-,16+,17-/m0/s1. The molecule has 3 aliphatic rings. The van der Waals surface area contributed by atoms with Crippen LogP contribution in [-0.2, 0) is 9.59 Å². The van der Waals surface area contributed by atoms with E-state index in [9.17, 15) is 9.59 Å². The zero-order chi connectivity index (χ0) is 16.3. The molecule has 0 radical (unpaired) electrons. The van der Waals surface area contributed by atoms with Crippen molar-refractivity contribution in [2.75, 3.05) is 32.7 Å². The van der Waals surface area contributed by atoms with Gasteiger partial charge in [0.1, 0.15) is 0 Å². The molecule has 2 aliphatic carbocycles. The molecular formula is C17H27BrN2O2. The fraction of sp³-hybridized carbons (Fsp3) is 0.882. The third kappa shape index (κ3) is 1.73. The molecule has 0 spiro atoms. The molecule has 2 bridgehead atoms. The maximum atomic E-state index is 13.4. The fourth-order valence-corrected chi connectivity index (χ4v) is 6.48. The molecule has 1 heterocycles. The molecule has 1 aliphatic heterocycles. The number of likely N-dealkylation sites (N-methyl/N-ethyl adjacent to an activating group) is 1. The van der Waals surface area contributed by atoms with Gasteiger partial charge in [-0.15, -0.1) is 0 Å². The highest BCUT2D eigenvalue weighted by atomic mass is 79.9. The molecular weight excluding hydrogens is 344 g/mol. The molecule has 5 heteroatoms. The van der Waals surface area contributed by atoms with E-state index in [0.29, 0.717) is 0 Å². The summed E-state index contributed by atoms with van der Waals surface area (Å²) in [5.41, 5.74) is -1.22. The van der Waals surface area contributed by atoms with Crippen LogP contribution in [0.25, 0.3) is 0 Å². The first-order chi connectivity index (χ1) is 10.2. The third-order valence-corrected chi connectivity index (χ3v) is 8.41. The number of ketones is 1. The van der Waals surface area contributed by atoms with Crippen LogP contribution < -0.4 is 0 Å². The number of fused-ring (bicyclic) bond motifs is 2. The van der Waals surface area contributed by atoms with Crippen molar-refractivity contribution in [3.63, 3.8) is 0 Å². The van der Waals surface area contributed by atoms with Gasteiger partial charge in [-0.05, 0) is 24.8 Å². The van der Waals surface area contributed by atoms with E-state index in [2.05, 4.69) is 48.5 Å². The molecule has 1 amide bonds. The minimum Gasteiger partial charge on any atom is -0.340 e. The monoisotopic (exact) mass is 370 g/mol. The molecule has 22 heavy (non-hydrogen) atoms. The molecule has 0 unspecified atom stereocenters. The maximum Gasteiger partial charge on any atom is 0.231 e. The zero-order valence-electron chi connectivity index (χ0n) is 14.1. The number of piperazine rings is 1. The van der Waals surface area contributed by atoms with Gasteiger partial charge in [-0.3, -0.25) is 9.59 Å². The van der Waals surface area contributed by atoms with Gasteiger partial charge in [0.25, 0.3) is 0 Å². The minimum atomic E-state index is -0.562. The highest BCUT2D eigenvalue weighted by Gasteiger charge is 2.77. The van der Waals surface area contributed by atoms with Crippen LogP contribution >= 0.6 is 15.9 Å². The van der Waals surface area contributed by atoms with Crippen molar-refractivity contribution in [1.82, 2.24) is 9.80 Å². The average molecular weight is 371 g/mol. The van der Waals surface area contributed by atoms with Crippen LogP contribution in [0.2, 0.25) is 0 Å². The van der Waals surface area contributed by atoms with Gasteiger partial charge in [-0.2, -0.15) is 0 Å². The van der Waals surface area contributed by atoms with E-state index in [1.807, 2.05) is 4.90 Å². The molecule has 4 nitrogen and oxygen atoms in total. The number of carbonyl (C=O) groups is 2. The Bertz CT molecular complexity index is 513. The van der Waals surface area contributed by atoms with Gasteiger partial charge in [0, 0.05) is 31.6 Å². The lowest BCUT2D eigenvalue weighted by atomic mass is 9.64. The van der Waals surface area contributed by atoms with Gasteiger partial charge < -0.3 is 9.80 Å². The van der Waals surface area contributed by atoms with Crippen molar-refractivity contribution < 1.29 is 9.59 Å². The topological polar surface area (TPSA) is 40.6 Å². The lowest BCUT2D eigenvalue weighted by Gasteiger charge is -2.45. The summed E-state index contributed by atoms with van der Waals surface area (Å²) in [7, 11) is 0. The number of carbonyl (C=O) groups excluding carboxylic acids is 2. The van der Waals surface area contributed by atoms with Crippen LogP contribution in [-0.4, -0.2) is 59.0 Å². The number of alkyl halides is 1. The van der Waals surface area contributed by atoms with Gasteiger partial charge in [0.05, 0.1) is 10.2 Å². The van der Waals surface area contributed by atoms with Crippen molar-refractivity contribution in [1.29, 1.82) is 0 Å². The number of nitrogens with zero attached hydrogens (tertiary/aromatic N) is 2. The van der Waals surface area contributed by atoms with Crippen LogP contribution in [0, 0.1) is 16.2 Å². The second-order valence-corrected chi connectivity index (χ2v) is 8.80. The van der Waals surface area contributed by atoms with E-state index in [0.717, 1.165) is 45.6 Å². The Morgan fingerprint density at radius 3 is 2.23 bits per heavy atom. The molecule has 3 rings (SSSR count). The lowest BCUT2D eigenvalue weighted by molar-refractivity contribution is -0.149. The van der Waals surface area contributed by atoms with Gasteiger partial charge in [-0.25, -0.2) is 0 Å². The van der Waals surface area contributed by atoms with Gasteiger partial charge in [-0.1, -0.05) is 43.6 Å². The van der Waals surface area contributed by atoms with Crippen molar-refractivity contribution in [3.05, 3.63) is 0 Å². The summed E-state index contributed by atoms with van der Waals surface area (Å²) < 4.78 is 0. The SMILES string of the molecule is CCN1CCN(C(=O)[C@]23CC[C@](C)(C(=O)[C@@H]2Br)C3(C)C)CC1. The molecule has 3 fully saturated rings. The van der Waals surface area contributed by atoms with Crippen LogP contribution in [0.3, 0.4) is 0 Å². The molecule has 1 saturated heterocycles. The summed E-state index contributed by atoms with van der Waals surface area (Å²) in [6.45, 7) is 13.0.